The van der Waals surface area contributed by atoms with Gasteiger partial charge in [-0.2, -0.15) is 8.78 Å². The van der Waals surface area contributed by atoms with Crippen molar-refractivity contribution in [3.8, 4) is 5.75 Å². The van der Waals surface area contributed by atoms with Crippen LogP contribution in [-0.2, 0) is 0 Å². The molecule has 130 valence electrons. The minimum absolute atomic E-state index is 0. The highest BCUT2D eigenvalue weighted by Crippen LogP contribution is 2.24. The smallest absolute Gasteiger partial charge is 0.387 e. The van der Waals surface area contributed by atoms with Crippen LogP contribution in [0.15, 0.2) is 18.2 Å². The molecule has 8 heteroatoms. The van der Waals surface area contributed by atoms with E-state index in [-0.39, 0.29) is 23.7 Å². The lowest BCUT2D eigenvalue weighted by atomic mass is 9.96. The van der Waals surface area contributed by atoms with E-state index in [1.807, 2.05) is 0 Å². The number of nitrogens with one attached hydrogen (secondary N) is 2. The van der Waals surface area contributed by atoms with Crippen molar-refractivity contribution < 1.29 is 18.3 Å². The van der Waals surface area contributed by atoms with E-state index in [0.717, 1.165) is 32.4 Å². The number of halogens is 4. The van der Waals surface area contributed by atoms with Crippen molar-refractivity contribution in [2.24, 2.45) is 5.92 Å². The fourth-order valence-corrected chi connectivity index (χ4v) is 2.71. The largest absolute Gasteiger partial charge is 0.434 e. The van der Waals surface area contributed by atoms with Gasteiger partial charge in [0, 0.05) is 11.6 Å². The first-order chi connectivity index (χ1) is 10.6. The van der Waals surface area contributed by atoms with E-state index in [4.69, 9.17) is 11.6 Å². The molecule has 2 N–H and O–H groups in total. The molecule has 1 aromatic rings. The van der Waals surface area contributed by atoms with Gasteiger partial charge in [-0.3, -0.25) is 4.79 Å². The summed E-state index contributed by atoms with van der Waals surface area (Å²) < 4.78 is 29.1. The van der Waals surface area contributed by atoms with Crippen molar-refractivity contribution >= 4 is 29.9 Å². The van der Waals surface area contributed by atoms with E-state index in [1.165, 1.54) is 18.2 Å². The monoisotopic (exact) mass is 368 g/mol. The van der Waals surface area contributed by atoms with Gasteiger partial charge in [0.05, 0.1) is 5.56 Å². The molecule has 23 heavy (non-hydrogen) atoms. The summed E-state index contributed by atoms with van der Waals surface area (Å²) in [5.41, 5.74) is 0.0227. The molecule has 0 radical (unpaired) electrons. The molecule has 1 heterocycles. The highest BCUT2D eigenvalue weighted by atomic mass is 35.5. The van der Waals surface area contributed by atoms with Gasteiger partial charge in [-0.25, -0.2) is 0 Å². The molecule has 1 aromatic carbocycles. The molecule has 1 fully saturated rings. The van der Waals surface area contributed by atoms with Crippen molar-refractivity contribution in [3.05, 3.63) is 28.8 Å². The van der Waals surface area contributed by atoms with Crippen LogP contribution in [0.3, 0.4) is 0 Å². The van der Waals surface area contributed by atoms with Crippen LogP contribution in [0, 0.1) is 5.92 Å². The summed E-state index contributed by atoms with van der Waals surface area (Å²) in [6.07, 6.45) is 3.13. The molecule has 2 rings (SSSR count). The zero-order chi connectivity index (χ0) is 15.9. The molecular weight excluding hydrogens is 349 g/mol. The Labute approximate surface area is 145 Å². The predicted octanol–water partition coefficient (Wildman–Crippen LogP) is 3.48. The average Bonchev–Trinajstić information content (AvgIpc) is 2.49. The zero-order valence-electron chi connectivity index (χ0n) is 12.5. The Morgan fingerprint density at radius 2 is 2.26 bits per heavy atom. The molecule has 0 aromatic heterocycles. The van der Waals surface area contributed by atoms with Gasteiger partial charge in [0.15, 0.2) is 0 Å². The third kappa shape index (κ3) is 6.49. The van der Waals surface area contributed by atoms with Crippen LogP contribution in [0.25, 0.3) is 0 Å². The maximum atomic E-state index is 12.4. The number of amides is 1. The Hall–Kier alpha value is -1.11. The second kappa shape index (κ2) is 9.90. The van der Waals surface area contributed by atoms with Gasteiger partial charge in [-0.05, 0) is 56.5 Å². The van der Waals surface area contributed by atoms with Crippen LogP contribution in [0.4, 0.5) is 8.78 Å². The first-order valence-corrected chi connectivity index (χ1v) is 7.67. The Kier molecular flexibility index (Phi) is 8.58. The molecule has 4 nitrogen and oxygen atoms in total. The first kappa shape index (κ1) is 19.9. The van der Waals surface area contributed by atoms with E-state index in [0.29, 0.717) is 17.5 Å². The number of carbonyl (C=O) groups excluding carboxylic acids is 1. The average molecular weight is 369 g/mol. The minimum Gasteiger partial charge on any atom is -0.434 e. The Bertz CT molecular complexity index is 512. The van der Waals surface area contributed by atoms with Crippen molar-refractivity contribution in [1.29, 1.82) is 0 Å². The van der Waals surface area contributed by atoms with Crippen molar-refractivity contribution in [3.63, 3.8) is 0 Å². The van der Waals surface area contributed by atoms with Crippen LogP contribution in [-0.4, -0.2) is 32.2 Å². The second-order valence-electron chi connectivity index (χ2n) is 5.28. The molecule has 1 atom stereocenters. The molecule has 0 bridgehead atoms. The van der Waals surface area contributed by atoms with Gasteiger partial charge in [0.2, 0.25) is 0 Å². The maximum absolute atomic E-state index is 12.4. The van der Waals surface area contributed by atoms with Crippen molar-refractivity contribution in [2.45, 2.75) is 25.9 Å². The van der Waals surface area contributed by atoms with Crippen LogP contribution < -0.4 is 15.4 Å². The Balaban J connectivity index is 0.00000264. The minimum atomic E-state index is -2.99. The van der Waals surface area contributed by atoms with E-state index in [2.05, 4.69) is 15.4 Å². The Morgan fingerprint density at radius 3 is 2.91 bits per heavy atom. The number of alkyl halides is 2. The molecule has 1 unspecified atom stereocenters. The summed E-state index contributed by atoms with van der Waals surface area (Å²) in [5.74, 6) is -0.0941. The molecular formula is C15H20Cl2F2N2O2. The molecule has 1 aliphatic heterocycles. The molecule has 1 aliphatic rings. The van der Waals surface area contributed by atoms with Crippen molar-refractivity contribution in [2.75, 3.05) is 19.6 Å². The lowest BCUT2D eigenvalue weighted by molar-refractivity contribution is -0.0501. The third-order valence-electron chi connectivity index (χ3n) is 3.64. The summed E-state index contributed by atoms with van der Waals surface area (Å²) in [6.45, 7) is -0.501. The summed E-state index contributed by atoms with van der Waals surface area (Å²) in [6, 6.07) is 4.01. The van der Waals surface area contributed by atoms with Crippen LogP contribution >= 0.6 is 24.0 Å². The van der Waals surface area contributed by atoms with E-state index < -0.39 is 12.5 Å². The van der Waals surface area contributed by atoms with Gasteiger partial charge in [-0.15, -0.1) is 12.4 Å². The van der Waals surface area contributed by atoms with Crippen LogP contribution in [0.5, 0.6) is 5.75 Å². The Morgan fingerprint density at radius 1 is 1.48 bits per heavy atom. The molecule has 0 saturated carbocycles. The fourth-order valence-electron chi connectivity index (χ4n) is 2.53. The summed E-state index contributed by atoms with van der Waals surface area (Å²) in [7, 11) is 0. The maximum Gasteiger partial charge on any atom is 0.387 e. The van der Waals surface area contributed by atoms with Gasteiger partial charge in [0.1, 0.15) is 5.75 Å². The summed E-state index contributed by atoms with van der Waals surface area (Å²) in [5, 5.41) is 6.34. The summed E-state index contributed by atoms with van der Waals surface area (Å²) >= 11 is 5.82. The number of hydrogen-bond acceptors (Lipinski definition) is 3. The highest BCUT2D eigenvalue weighted by Gasteiger charge is 2.17. The predicted molar refractivity (Wildman–Crippen MR) is 87.9 cm³/mol. The number of piperidine rings is 1. The fraction of sp³-hybridized carbons (Fsp3) is 0.533. The topological polar surface area (TPSA) is 50.4 Å². The second-order valence-corrected chi connectivity index (χ2v) is 5.71. The lowest BCUT2D eigenvalue weighted by Crippen LogP contribution is -2.33. The van der Waals surface area contributed by atoms with E-state index in [1.54, 1.807) is 0 Å². The number of hydrogen-bond donors (Lipinski definition) is 2. The van der Waals surface area contributed by atoms with Crippen LogP contribution in [0.1, 0.15) is 29.6 Å². The third-order valence-corrected chi connectivity index (χ3v) is 3.87. The number of ether oxygens (including phenoxy) is 1. The molecule has 0 aliphatic carbocycles. The first-order valence-electron chi connectivity index (χ1n) is 7.29. The lowest BCUT2D eigenvalue weighted by Gasteiger charge is -2.22. The van der Waals surface area contributed by atoms with E-state index >= 15 is 0 Å². The summed E-state index contributed by atoms with van der Waals surface area (Å²) in [4.78, 5) is 12.1. The SMILES string of the molecule is Cl.O=C(NCCC1CCCNC1)c1cc(Cl)ccc1OC(F)F. The quantitative estimate of drug-likeness (QED) is 0.807. The molecule has 1 saturated heterocycles. The highest BCUT2D eigenvalue weighted by molar-refractivity contribution is 6.31. The van der Waals surface area contributed by atoms with Gasteiger partial charge in [0.25, 0.3) is 5.91 Å². The molecule has 0 spiro atoms. The molecule has 1 amide bonds. The van der Waals surface area contributed by atoms with E-state index in [9.17, 15) is 13.6 Å². The van der Waals surface area contributed by atoms with Gasteiger partial charge in [-0.1, -0.05) is 11.6 Å². The van der Waals surface area contributed by atoms with Gasteiger partial charge < -0.3 is 15.4 Å². The van der Waals surface area contributed by atoms with Crippen LogP contribution in [0.2, 0.25) is 5.02 Å². The van der Waals surface area contributed by atoms with Gasteiger partial charge >= 0.3 is 6.61 Å². The normalized spacial score (nSPS) is 17.5. The number of carbonyl (C=O) groups is 1. The standard InChI is InChI=1S/C15H19ClF2N2O2.ClH/c16-11-3-4-13(22-15(17)18)12(8-11)14(21)20-7-5-10-2-1-6-19-9-10;/h3-4,8,10,15,19H,1-2,5-7,9H2,(H,20,21);1H. The van der Waals surface area contributed by atoms with Crippen molar-refractivity contribution in [1.82, 2.24) is 10.6 Å². The number of rotatable bonds is 6. The zero-order valence-corrected chi connectivity index (χ0v) is 14.1. The number of benzene rings is 1.